The number of anilines is 1. The molecule has 1 aromatic rings. The maximum Gasteiger partial charge on any atom is 0.299 e. The van der Waals surface area contributed by atoms with Gasteiger partial charge in [-0.25, -0.2) is 0 Å². The molecule has 6 heteroatoms. The fourth-order valence-corrected chi connectivity index (χ4v) is 2.55. The Labute approximate surface area is 120 Å². The highest BCUT2D eigenvalue weighted by molar-refractivity contribution is 6.56. The van der Waals surface area contributed by atoms with E-state index in [1.165, 1.54) is 17.9 Å². The Morgan fingerprint density at radius 2 is 1.84 bits per heavy atom. The van der Waals surface area contributed by atoms with Crippen molar-refractivity contribution in [2.75, 3.05) is 11.4 Å². The second kappa shape index (κ2) is 5.31. The van der Waals surface area contributed by atoms with E-state index in [0.717, 1.165) is 0 Å². The third-order valence-corrected chi connectivity index (χ3v) is 3.54. The van der Waals surface area contributed by atoms with E-state index in [9.17, 15) is 14.4 Å². The molecule has 1 aromatic carbocycles. The molecule has 100 valence electrons. The molecule has 0 atom stereocenters. The van der Waals surface area contributed by atoms with Gasteiger partial charge in [-0.3, -0.25) is 9.59 Å². The third-order valence-electron chi connectivity index (χ3n) is 2.92. The number of hydrogen-bond acceptors (Lipinski definition) is 3. The molecule has 0 fully saturated rings. The number of nitrogens with zero attached hydrogens (tertiary/aromatic N) is 1. The van der Waals surface area contributed by atoms with Crippen LogP contribution in [0.2, 0.25) is 10.0 Å². The van der Waals surface area contributed by atoms with Crippen LogP contribution < -0.4 is 4.90 Å². The molecular weight excluding hydrogens is 289 g/mol. The summed E-state index contributed by atoms with van der Waals surface area (Å²) in [6.07, 6.45) is 0.835. The predicted molar refractivity (Wildman–Crippen MR) is 73.1 cm³/mol. The Morgan fingerprint density at radius 3 is 2.47 bits per heavy atom. The number of Topliss-reactive ketones (excluding diaryl/α,β-unsaturated/α-hetero) is 2. The molecule has 1 amide bonds. The molecule has 0 saturated heterocycles. The van der Waals surface area contributed by atoms with Gasteiger partial charge in [0.25, 0.3) is 11.7 Å². The lowest BCUT2D eigenvalue weighted by Crippen LogP contribution is -2.31. The minimum Gasteiger partial charge on any atom is -0.303 e. The first kappa shape index (κ1) is 14.0. The van der Waals surface area contributed by atoms with E-state index < -0.39 is 11.7 Å². The highest BCUT2D eigenvalue weighted by Gasteiger charge is 2.38. The number of carbonyl (C=O) groups excluding carboxylic acids is 3. The summed E-state index contributed by atoms with van der Waals surface area (Å²) in [5.74, 6) is -1.26. The van der Waals surface area contributed by atoms with Gasteiger partial charge in [-0.05, 0) is 25.5 Å². The zero-order chi connectivity index (χ0) is 14.2. The smallest absolute Gasteiger partial charge is 0.299 e. The van der Waals surface area contributed by atoms with E-state index in [-0.39, 0.29) is 22.9 Å². The van der Waals surface area contributed by atoms with Gasteiger partial charge in [-0.15, -0.1) is 0 Å². The first-order chi connectivity index (χ1) is 8.93. The van der Waals surface area contributed by atoms with Gasteiger partial charge in [0.1, 0.15) is 5.78 Å². The Hall–Kier alpha value is -1.39. The summed E-state index contributed by atoms with van der Waals surface area (Å²) >= 11 is 12.0. The molecule has 2 rings (SSSR count). The Morgan fingerprint density at radius 1 is 1.21 bits per heavy atom. The molecule has 0 bridgehead atoms. The van der Waals surface area contributed by atoms with E-state index in [2.05, 4.69) is 0 Å². The summed E-state index contributed by atoms with van der Waals surface area (Å²) in [6.45, 7) is 1.76. The zero-order valence-electron chi connectivity index (χ0n) is 10.2. The molecule has 0 aliphatic carbocycles. The van der Waals surface area contributed by atoms with Gasteiger partial charge in [0.05, 0.1) is 21.3 Å². The molecule has 0 saturated carbocycles. The number of halogens is 2. The van der Waals surface area contributed by atoms with Gasteiger partial charge >= 0.3 is 0 Å². The first-order valence-electron chi connectivity index (χ1n) is 5.77. The Bertz CT molecular complexity index is 583. The van der Waals surface area contributed by atoms with Crippen molar-refractivity contribution in [1.29, 1.82) is 0 Å². The fraction of sp³-hybridized carbons (Fsp3) is 0.308. The maximum absolute atomic E-state index is 11.9. The predicted octanol–water partition coefficient (Wildman–Crippen LogP) is 2.89. The van der Waals surface area contributed by atoms with Gasteiger partial charge in [0.15, 0.2) is 0 Å². The second-order valence-corrected chi connectivity index (χ2v) is 5.16. The van der Waals surface area contributed by atoms with Gasteiger partial charge < -0.3 is 9.69 Å². The Balaban J connectivity index is 2.33. The molecule has 0 radical (unpaired) electrons. The van der Waals surface area contributed by atoms with Gasteiger partial charge in [0.2, 0.25) is 0 Å². The molecule has 4 nitrogen and oxygen atoms in total. The minimum absolute atomic E-state index is 0.0374. The van der Waals surface area contributed by atoms with Crippen LogP contribution in [0.4, 0.5) is 5.69 Å². The highest BCUT2D eigenvalue weighted by Crippen LogP contribution is 2.39. The average Bonchev–Trinajstić information content (AvgIpc) is 2.59. The van der Waals surface area contributed by atoms with Crippen LogP contribution in [0.5, 0.6) is 0 Å². The van der Waals surface area contributed by atoms with Crippen molar-refractivity contribution < 1.29 is 14.4 Å². The van der Waals surface area contributed by atoms with E-state index in [1.807, 2.05) is 0 Å². The molecule has 0 unspecified atom stereocenters. The maximum atomic E-state index is 11.9. The average molecular weight is 300 g/mol. The number of carbonyl (C=O) groups is 3. The molecule has 1 aliphatic heterocycles. The lowest BCUT2D eigenvalue weighted by Gasteiger charge is -2.17. The summed E-state index contributed by atoms with van der Waals surface area (Å²) in [7, 11) is 0. The number of rotatable bonds is 4. The first-order valence-corrected chi connectivity index (χ1v) is 6.52. The monoisotopic (exact) mass is 299 g/mol. The van der Waals surface area contributed by atoms with Crippen molar-refractivity contribution in [3.05, 3.63) is 27.7 Å². The van der Waals surface area contributed by atoms with E-state index in [4.69, 9.17) is 23.2 Å². The van der Waals surface area contributed by atoms with Crippen molar-refractivity contribution in [3.63, 3.8) is 0 Å². The van der Waals surface area contributed by atoms with E-state index >= 15 is 0 Å². The lowest BCUT2D eigenvalue weighted by molar-refractivity contribution is -0.117. The van der Waals surface area contributed by atoms with Crippen LogP contribution >= 0.6 is 23.2 Å². The zero-order valence-corrected chi connectivity index (χ0v) is 11.7. The summed E-state index contributed by atoms with van der Waals surface area (Å²) in [6, 6.07) is 3.04. The summed E-state index contributed by atoms with van der Waals surface area (Å²) in [4.78, 5) is 36.0. The molecule has 0 spiro atoms. The number of hydrogen-bond donors (Lipinski definition) is 0. The van der Waals surface area contributed by atoms with Crippen molar-refractivity contribution in [1.82, 2.24) is 0 Å². The highest BCUT2D eigenvalue weighted by atomic mass is 35.5. The van der Waals surface area contributed by atoms with E-state index in [1.54, 1.807) is 6.07 Å². The second-order valence-electron chi connectivity index (χ2n) is 4.34. The van der Waals surface area contributed by atoms with Crippen LogP contribution in [0.3, 0.4) is 0 Å². The number of amides is 1. The van der Waals surface area contributed by atoms with Crippen LogP contribution in [0.1, 0.15) is 30.1 Å². The van der Waals surface area contributed by atoms with Gasteiger partial charge in [-0.1, -0.05) is 23.2 Å². The molecule has 1 heterocycles. The fourth-order valence-electron chi connectivity index (χ4n) is 2.05. The van der Waals surface area contributed by atoms with Crippen LogP contribution in [0, 0.1) is 0 Å². The molecule has 0 aromatic heterocycles. The largest absolute Gasteiger partial charge is 0.303 e. The summed E-state index contributed by atoms with van der Waals surface area (Å²) < 4.78 is 0. The molecule has 19 heavy (non-hydrogen) atoms. The van der Waals surface area contributed by atoms with Crippen LogP contribution in [-0.2, 0) is 9.59 Å². The SMILES string of the molecule is CC(=O)CCCN1C(=O)C(=O)c2c(Cl)ccc(Cl)c21. The van der Waals surface area contributed by atoms with Crippen LogP contribution in [-0.4, -0.2) is 24.0 Å². The Kier molecular flexibility index (Phi) is 3.92. The minimum atomic E-state index is -0.648. The molecular formula is C13H11Cl2NO3. The van der Waals surface area contributed by atoms with Gasteiger partial charge in [-0.2, -0.15) is 0 Å². The molecule has 0 N–H and O–H groups in total. The van der Waals surface area contributed by atoms with Gasteiger partial charge in [0, 0.05) is 13.0 Å². The van der Waals surface area contributed by atoms with Crippen molar-refractivity contribution >= 4 is 46.4 Å². The standard InChI is InChI=1S/C13H11Cl2NO3/c1-7(17)3-2-6-16-11-9(15)5-4-8(14)10(11)12(18)13(16)19/h4-5H,2-3,6H2,1H3. The summed E-state index contributed by atoms with van der Waals surface area (Å²) in [5, 5.41) is 0.522. The quantitative estimate of drug-likeness (QED) is 0.803. The van der Waals surface area contributed by atoms with Crippen LogP contribution in [0.25, 0.3) is 0 Å². The number of fused-ring (bicyclic) bond motifs is 1. The van der Waals surface area contributed by atoms with Crippen LogP contribution in [0.15, 0.2) is 12.1 Å². The summed E-state index contributed by atoms with van der Waals surface area (Å²) in [5.41, 5.74) is 0.509. The number of benzene rings is 1. The van der Waals surface area contributed by atoms with E-state index in [0.29, 0.717) is 23.6 Å². The third kappa shape index (κ3) is 2.51. The lowest BCUT2D eigenvalue weighted by atomic mass is 10.1. The topological polar surface area (TPSA) is 54.5 Å². The molecule has 1 aliphatic rings. The normalized spacial score (nSPS) is 13.9. The van der Waals surface area contributed by atoms with Crippen molar-refractivity contribution in [3.8, 4) is 0 Å². The van der Waals surface area contributed by atoms with Crippen molar-refractivity contribution in [2.24, 2.45) is 0 Å². The van der Waals surface area contributed by atoms with Crippen molar-refractivity contribution in [2.45, 2.75) is 19.8 Å². The number of ketones is 2.